The van der Waals surface area contributed by atoms with Crippen molar-refractivity contribution in [3.63, 3.8) is 0 Å². The van der Waals surface area contributed by atoms with Gasteiger partial charge in [-0.1, -0.05) is 30.7 Å². The number of likely N-dealkylation sites (tertiary alicyclic amines) is 1. The summed E-state index contributed by atoms with van der Waals surface area (Å²) in [6.07, 6.45) is 5.65. The molecule has 3 amide bonds. The molecule has 9 nitrogen and oxygen atoms in total. The second-order valence-electron chi connectivity index (χ2n) is 12.9. The maximum absolute atomic E-state index is 14.8. The van der Waals surface area contributed by atoms with Gasteiger partial charge in [0.25, 0.3) is 5.91 Å². The minimum Gasteiger partial charge on any atom is -0.494 e. The van der Waals surface area contributed by atoms with Crippen molar-refractivity contribution in [2.45, 2.75) is 63.7 Å². The predicted molar refractivity (Wildman–Crippen MR) is 184 cm³/mol. The number of amides is 3. The van der Waals surface area contributed by atoms with E-state index in [1.165, 1.54) is 0 Å². The lowest BCUT2D eigenvalue weighted by atomic mass is 9.62. The molecule has 0 saturated carbocycles. The summed E-state index contributed by atoms with van der Waals surface area (Å²) < 4.78 is 12.6. The van der Waals surface area contributed by atoms with Crippen LogP contribution in [0, 0.1) is 17.8 Å². The van der Waals surface area contributed by atoms with Gasteiger partial charge in [0.15, 0.2) is 0 Å². The largest absolute Gasteiger partial charge is 0.494 e. The third-order valence-electron chi connectivity index (χ3n) is 10.1. The van der Waals surface area contributed by atoms with Gasteiger partial charge < -0.3 is 29.3 Å². The van der Waals surface area contributed by atoms with E-state index in [2.05, 4.69) is 13.2 Å². The number of carbonyl (C=O) groups is 3. The summed E-state index contributed by atoms with van der Waals surface area (Å²) in [6, 6.07) is 13.3. The monoisotopic (exact) mass is 663 g/mol. The molecule has 3 unspecified atom stereocenters. The Morgan fingerprint density at radius 1 is 1.02 bits per heavy atom. The van der Waals surface area contributed by atoms with Crippen molar-refractivity contribution in [1.29, 1.82) is 0 Å². The van der Waals surface area contributed by atoms with E-state index in [-0.39, 0.29) is 43.3 Å². The Morgan fingerprint density at radius 3 is 2.19 bits per heavy atom. The van der Waals surface area contributed by atoms with Crippen LogP contribution in [-0.4, -0.2) is 77.8 Å². The average Bonchev–Trinajstić information content (AvgIpc) is 3.57. The van der Waals surface area contributed by atoms with Gasteiger partial charge in [-0.15, -0.1) is 13.2 Å². The third kappa shape index (κ3) is 6.09. The first-order chi connectivity index (χ1) is 22.6. The fraction of sp³-hybridized carbons (Fsp3) is 0.486. The molecule has 10 heteroatoms. The summed E-state index contributed by atoms with van der Waals surface area (Å²) >= 11 is 6.18. The van der Waals surface area contributed by atoms with Crippen molar-refractivity contribution in [3.8, 4) is 5.75 Å². The second-order valence-corrected chi connectivity index (χ2v) is 13.3. The molecule has 47 heavy (non-hydrogen) atoms. The summed E-state index contributed by atoms with van der Waals surface area (Å²) in [5.41, 5.74) is -0.902. The number of nitrogens with zero attached hydrogens (tertiary/aromatic N) is 3. The van der Waals surface area contributed by atoms with Crippen LogP contribution in [-0.2, 0) is 19.1 Å². The summed E-state index contributed by atoms with van der Waals surface area (Å²) in [7, 11) is 0. The van der Waals surface area contributed by atoms with Gasteiger partial charge in [0.1, 0.15) is 17.4 Å². The molecule has 3 saturated heterocycles. The number of hydrogen-bond acceptors (Lipinski definition) is 6. The smallest absolute Gasteiger partial charge is 0.253 e. The van der Waals surface area contributed by atoms with Crippen molar-refractivity contribution in [2.24, 2.45) is 17.8 Å². The van der Waals surface area contributed by atoms with Gasteiger partial charge in [-0.2, -0.15) is 0 Å². The lowest BCUT2D eigenvalue weighted by molar-refractivity contribution is -0.145. The Morgan fingerprint density at radius 2 is 1.62 bits per heavy atom. The molecule has 0 aromatic heterocycles. The number of fused-ring (bicyclic) bond motifs is 1. The predicted octanol–water partition coefficient (Wildman–Crippen LogP) is 5.65. The zero-order chi connectivity index (χ0) is 33.9. The zero-order valence-electron chi connectivity index (χ0n) is 27.6. The molecule has 0 aliphatic carbocycles. The van der Waals surface area contributed by atoms with Gasteiger partial charge in [0, 0.05) is 42.6 Å². The molecule has 2 aromatic carbocycles. The summed E-state index contributed by atoms with van der Waals surface area (Å²) in [4.78, 5) is 49.2. The summed E-state index contributed by atoms with van der Waals surface area (Å²) in [6.45, 7) is 15.0. The maximum Gasteiger partial charge on any atom is 0.253 e. The molecule has 5 rings (SSSR count). The zero-order valence-corrected chi connectivity index (χ0v) is 28.3. The first-order valence-corrected chi connectivity index (χ1v) is 16.9. The number of halogens is 1. The highest BCUT2D eigenvalue weighted by atomic mass is 35.5. The number of benzene rings is 2. The molecule has 252 valence electrons. The first-order valence-electron chi connectivity index (χ1n) is 16.5. The molecule has 2 aromatic rings. The molecule has 6 atom stereocenters. The molecule has 3 heterocycles. The van der Waals surface area contributed by atoms with E-state index in [0.29, 0.717) is 61.0 Å². The van der Waals surface area contributed by atoms with Crippen LogP contribution in [0.15, 0.2) is 73.8 Å². The topological polar surface area (TPSA) is 99.6 Å². The van der Waals surface area contributed by atoms with Crippen molar-refractivity contribution in [1.82, 2.24) is 4.90 Å². The van der Waals surface area contributed by atoms with Crippen LogP contribution >= 0.6 is 11.6 Å². The van der Waals surface area contributed by atoms with Crippen LogP contribution in [0.25, 0.3) is 0 Å². The summed E-state index contributed by atoms with van der Waals surface area (Å²) in [5, 5.41) is 9.93. The molecule has 3 aliphatic rings. The fourth-order valence-corrected chi connectivity index (χ4v) is 8.06. The highest BCUT2D eigenvalue weighted by Crippen LogP contribution is 2.65. The molecule has 3 aliphatic heterocycles. The van der Waals surface area contributed by atoms with E-state index in [1.54, 1.807) is 51.1 Å². The molecular weight excluding hydrogens is 618 g/mol. The minimum absolute atomic E-state index is 0.0484. The Kier molecular flexibility index (Phi) is 10.5. The summed E-state index contributed by atoms with van der Waals surface area (Å²) in [5.74, 6) is -1.87. The lowest BCUT2D eigenvalue weighted by Gasteiger charge is -2.39. The number of hydrogen-bond donors (Lipinski definition) is 1. The Balaban J connectivity index is 1.58. The van der Waals surface area contributed by atoms with E-state index < -0.39 is 29.1 Å². The number of anilines is 2. The average molecular weight is 664 g/mol. The third-order valence-corrected chi connectivity index (χ3v) is 10.4. The van der Waals surface area contributed by atoms with Gasteiger partial charge in [0.05, 0.1) is 24.0 Å². The SMILES string of the molecule is C=CCN(C(=O)C1N(CCCCCO)C(=O)[C@@H]2[C@@H](C(=O)N(CC=C)c3ccc(OCC)cc3)[C@]3(C)OC12CC3C)c1ccc(Cl)cc1. The Labute approximate surface area is 282 Å². The quantitative estimate of drug-likeness (QED) is 0.195. The second kappa shape index (κ2) is 14.2. The molecule has 1 spiro atoms. The number of carbonyl (C=O) groups excluding carboxylic acids is 3. The number of rotatable bonds is 15. The van der Waals surface area contributed by atoms with Crippen LogP contribution in [0.4, 0.5) is 11.4 Å². The van der Waals surface area contributed by atoms with Crippen LogP contribution in [0.5, 0.6) is 5.75 Å². The van der Waals surface area contributed by atoms with Crippen molar-refractivity contribution in [2.75, 3.05) is 42.6 Å². The maximum atomic E-state index is 14.8. The van der Waals surface area contributed by atoms with Crippen LogP contribution in [0.1, 0.15) is 46.5 Å². The van der Waals surface area contributed by atoms with Gasteiger partial charge >= 0.3 is 0 Å². The number of aliphatic hydroxyl groups excluding tert-OH is 1. The van der Waals surface area contributed by atoms with Gasteiger partial charge in [-0.3, -0.25) is 14.4 Å². The van der Waals surface area contributed by atoms with Crippen molar-refractivity contribution < 1.29 is 29.0 Å². The standard InChI is InChI=1S/C37H46ClN3O6/c1-6-20-39(28-16-18-29(19-17-28)46-8-3)33(43)30-31-34(44)41(22-10-9-11-23-42)32(37(31)24-25(4)36(30,5)47-37)35(45)40(21-7-2)27-14-12-26(38)13-15-27/h6-7,12-19,25,30-32,42H,1-2,8-11,20-24H2,3-5H3/t25?,30-,31-,32?,36+,37?/m0/s1. The van der Waals surface area contributed by atoms with E-state index in [1.807, 2.05) is 45.0 Å². The molecule has 1 N–H and O–H groups in total. The van der Waals surface area contributed by atoms with Gasteiger partial charge in [-0.25, -0.2) is 0 Å². The van der Waals surface area contributed by atoms with E-state index in [4.69, 9.17) is 21.1 Å². The van der Waals surface area contributed by atoms with Crippen molar-refractivity contribution >= 4 is 40.7 Å². The van der Waals surface area contributed by atoms with Crippen LogP contribution in [0.3, 0.4) is 0 Å². The van der Waals surface area contributed by atoms with Gasteiger partial charge in [-0.05, 0) is 94.0 Å². The highest BCUT2D eigenvalue weighted by Gasteiger charge is 2.80. The fourth-order valence-electron chi connectivity index (χ4n) is 7.93. The number of ether oxygens (including phenoxy) is 2. The number of unbranched alkanes of at least 4 members (excludes halogenated alkanes) is 2. The van der Waals surface area contributed by atoms with E-state index >= 15 is 0 Å². The first kappa shape index (κ1) is 34.7. The van der Waals surface area contributed by atoms with E-state index in [0.717, 1.165) is 0 Å². The van der Waals surface area contributed by atoms with E-state index in [9.17, 15) is 19.5 Å². The molecule has 2 bridgehead atoms. The minimum atomic E-state index is -1.20. The van der Waals surface area contributed by atoms with Crippen LogP contribution in [0.2, 0.25) is 5.02 Å². The van der Waals surface area contributed by atoms with Crippen molar-refractivity contribution in [3.05, 3.63) is 78.9 Å². The molecule has 0 radical (unpaired) electrons. The highest BCUT2D eigenvalue weighted by molar-refractivity contribution is 6.30. The lowest BCUT2D eigenvalue weighted by Crippen LogP contribution is -2.57. The molecule has 3 fully saturated rings. The normalized spacial score (nSPS) is 27.4. The van der Waals surface area contributed by atoms with Crippen LogP contribution < -0.4 is 14.5 Å². The Hall–Kier alpha value is -3.66. The Bertz CT molecular complexity index is 1480. The molecular formula is C37H46ClN3O6. The van der Waals surface area contributed by atoms with Gasteiger partial charge in [0.2, 0.25) is 11.8 Å². The number of aliphatic hydroxyl groups is 1.